The predicted octanol–water partition coefficient (Wildman–Crippen LogP) is 4.15. The smallest absolute Gasteiger partial charge is 0.164 e. The van der Waals surface area contributed by atoms with Gasteiger partial charge >= 0.3 is 0 Å². The molecule has 1 heterocycles. The van der Waals surface area contributed by atoms with Crippen LogP contribution in [0.4, 0.5) is 14.6 Å². The Morgan fingerprint density at radius 1 is 1.17 bits per heavy atom. The number of nitrogens with two attached hydrogens (primary N) is 1. The molecule has 94 valence electrons. The SMILES string of the molecule is Nc1cc(Cl)c(Oc2cc(F)c(F)cc2Br)cn1. The average Bonchev–Trinajstić information content (AvgIpc) is 2.29. The highest BCUT2D eigenvalue weighted by molar-refractivity contribution is 9.10. The minimum absolute atomic E-state index is 0.0855. The molecule has 3 nitrogen and oxygen atoms in total. The first-order valence-electron chi connectivity index (χ1n) is 4.71. The molecule has 0 atom stereocenters. The van der Waals surface area contributed by atoms with E-state index in [0.29, 0.717) is 0 Å². The number of hydrogen-bond acceptors (Lipinski definition) is 3. The largest absolute Gasteiger partial charge is 0.453 e. The van der Waals surface area contributed by atoms with Crippen molar-refractivity contribution in [3.05, 3.63) is 45.5 Å². The van der Waals surface area contributed by atoms with Crippen LogP contribution in [-0.2, 0) is 0 Å². The second kappa shape index (κ2) is 5.07. The lowest BCUT2D eigenvalue weighted by molar-refractivity contribution is 0.457. The monoisotopic (exact) mass is 334 g/mol. The number of rotatable bonds is 2. The molecular formula is C11H6BrClF2N2O. The maximum absolute atomic E-state index is 13.1. The molecule has 0 spiro atoms. The van der Waals surface area contributed by atoms with E-state index in [1.54, 1.807) is 0 Å². The highest BCUT2D eigenvalue weighted by Crippen LogP contribution is 2.34. The molecule has 7 heteroatoms. The van der Waals surface area contributed by atoms with Crippen LogP contribution in [-0.4, -0.2) is 4.98 Å². The van der Waals surface area contributed by atoms with Crippen molar-refractivity contribution in [3.63, 3.8) is 0 Å². The van der Waals surface area contributed by atoms with Crippen LogP contribution >= 0.6 is 27.5 Å². The van der Waals surface area contributed by atoms with Crippen LogP contribution in [0, 0.1) is 11.6 Å². The molecule has 1 aromatic heterocycles. The topological polar surface area (TPSA) is 48.1 Å². The number of pyridine rings is 1. The Hall–Kier alpha value is -1.40. The van der Waals surface area contributed by atoms with Gasteiger partial charge in [0.15, 0.2) is 17.4 Å². The van der Waals surface area contributed by atoms with Gasteiger partial charge in [0.2, 0.25) is 0 Å². The van der Waals surface area contributed by atoms with Crippen LogP contribution in [0.15, 0.2) is 28.9 Å². The summed E-state index contributed by atoms with van der Waals surface area (Å²) in [6.45, 7) is 0. The van der Waals surface area contributed by atoms with E-state index in [4.69, 9.17) is 22.1 Å². The van der Waals surface area contributed by atoms with Crippen molar-refractivity contribution in [2.45, 2.75) is 0 Å². The highest BCUT2D eigenvalue weighted by Gasteiger charge is 2.12. The van der Waals surface area contributed by atoms with Gasteiger partial charge in [-0.3, -0.25) is 0 Å². The van der Waals surface area contributed by atoms with E-state index in [2.05, 4.69) is 20.9 Å². The number of aromatic nitrogens is 1. The molecule has 1 aromatic carbocycles. The standard InChI is InChI=1S/C11H6BrClF2N2O/c12-5-1-7(14)8(15)3-9(5)18-10-4-17-11(16)2-6(10)13/h1-4H,(H2,16,17). The molecule has 0 aliphatic rings. The Morgan fingerprint density at radius 3 is 2.50 bits per heavy atom. The Bertz CT molecular complexity index is 610. The molecule has 0 amide bonds. The first-order chi connectivity index (χ1) is 8.47. The average molecular weight is 336 g/mol. The number of nitrogens with zero attached hydrogens (tertiary/aromatic N) is 1. The number of nitrogen functional groups attached to an aromatic ring is 1. The fourth-order valence-corrected chi connectivity index (χ4v) is 1.80. The van der Waals surface area contributed by atoms with Crippen LogP contribution in [0.5, 0.6) is 11.5 Å². The maximum atomic E-state index is 13.1. The maximum Gasteiger partial charge on any atom is 0.164 e. The second-order valence-electron chi connectivity index (χ2n) is 3.34. The summed E-state index contributed by atoms with van der Waals surface area (Å²) in [5.74, 6) is -1.49. The van der Waals surface area contributed by atoms with E-state index in [1.807, 2.05) is 0 Å². The lowest BCUT2D eigenvalue weighted by atomic mass is 10.3. The van der Waals surface area contributed by atoms with Gasteiger partial charge in [0.05, 0.1) is 15.7 Å². The molecular weight excluding hydrogens is 329 g/mol. The molecule has 0 saturated heterocycles. The van der Waals surface area contributed by atoms with Gasteiger partial charge in [0.1, 0.15) is 11.6 Å². The molecule has 18 heavy (non-hydrogen) atoms. The summed E-state index contributed by atoms with van der Waals surface area (Å²) in [7, 11) is 0. The van der Waals surface area contributed by atoms with Gasteiger partial charge in [-0.1, -0.05) is 11.6 Å². The number of halogens is 4. The zero-order valence-corrected chi connectivity index (χ0v) is 11.1. The van der Waals surface area contributed by atoms with Crippen LogP contribution in [0.1, 0.15) is 0 Å². The quantitative estimate of drug-likeness (QED) is 0.839. The van der Waals surface area contributed by atoms with Crippen molar-refractivity contribution in [3.8, 4) is 11.5 Å². The van der Waals surface area contributed by atoms with E-state index in [0.717, 1.165) is 12.1 Å². The van der Waals surface area contributed by atoms with E-state index in [1.165, 1.54) is 12.3 Å². The van der Waals surface area contributed by atoms with Crippen LogP contribution in [0.3, 0.4) is 0 Å². The molecule has 0 saturated carbocycles. The van der Waals surface area contributed by atoms with Crippen molar-refractivity contribution >= 4 is 33.3 Å². The molecule has 0 radical (unpaired) electrons. The Labute approximate surface area is 115 Å². The summed E-state index contributed by atoms with van der Waals surface area (Å²) in [6, 6.07) is 3.26. The fourth-order valence-electron chi connectivity index (χ4n) is 1.21. The van der Waals surface area contributed by atoms with Gasteiger partial charge in [-0.15, -0.1) is 0 Å². The zero-order valence-electron chi connectivity index (χ0n) is 8.75. The first-order valence-corrected chi connectivity index (χ1v) is 5.88. The van der Waals surface area contributed by atoms with Gasteiger partial charge in [0.25, 0.3) is 0 Å². The summed E-state index contributed by atoms with van der Waals surface area (Å²) >= 11 is 8.93. The van der Waals surface area contributed by atoms with Gasteiger partial charge in [-0.2, -0.15) is 0 Å². The summed E-state index contributed by atoms with van der Waals surface area (Å²) < 4.78 is 31.6. The number of ether oxygens (including phenoxy) is 1. The lowest BCUT2D eigenvalue weighted by Gasteiger charge is -2.09. The molecule has 0 fully saturated rings. The molecule has 2 rings (SSSR count). The Morgan fingerprint density at radius 2 is 1.83 bits per heavy atom. The molecule has 2 aromatic rings. The van der Waals surface area contributed by atoms with Crippen molar-refractivity contribution in [2.24, 2.45) is 0 Å². The number of hydrogen-bond donors (Lipinski definition) is 1. The first kappa shape index (κ1) is 13.0. The lowest BCUT2D eigenvalue weighted by Crippen LogP contribution is -1.94. The molecule has 0 aliphatic carbocycles. The zero-order chi connectivity index (χ0) is 13.3. The van der Waals surface area contributed by atoms with E-state index < -0.39 is 11.6 Å². The van der Waals surface area contributed by atoms with Crippen molar-refractivity contribution < 1.29 is 13.5 Å². The van der Waals surface area contributed by atoms with Gasteiger partial charge in [-0.25, -0.2) is 13.8 Å². The van der Waals surface area contributed by atoms with Crippen LogP contribution in [0.25, 0.3) is 0 Å². The van der Waals surface area contributed by atoms with Crippen molar-refractivity contribution in [1.82, 2.24) is 4.98 Å². The van der Waals surface area contributed by atoms with Crippen LogP contribution in [0.2, 0.25) is 5.02 Å². The number of anilines is 1. The Kier molecular flexibility index (Phi) is 3.68. The normalized spacial score (nSPS) is 10.4. The summed E-state index contributed by atoms with van der Waals surface area (Å²) in [5, 5.41) is 0.221. The third-order valence-corrected chi connectivity index (χ3v) is 2.95. The second-order valence-corrected chi connectivity index (χ2v) is 4.60. The van der Waals surface area contributed by atoms with E-state index in [-0.39, 0.29) is 26.8 Å². The predicted molar refractivity (Wildman–Crippen MR) is 67.8 cm³/mol. The molecule has 0 bridgehead atoms. The molecule has 2 N–H and O–H groups in total. The number of benzene rings is 1. The van der Waals surface area contributed by atoms with Crippen molar-refractivity contribution in [1.29, 1.82) is 0 Å². The highest BCUT2D eigenvalue weighted by atomic mass is 79.9. The van der Waals surface area contributed by atoms with Gasteiger partial charge in [0, 0.05) is 12.1 Å². The van der Waals surface area contributed by atoms with E-state index in [9.17, 15) is 8.78 Å². The van der Waals surface area contributed by atoms with Gasteiger partial charge < -0.3 is 10.5 Å². The summed E-state index contributed by atoms with van der Waals surface area (Å²) in [4.78, 5) is 3.79. The van der Waals surface area contributed by atoms with Crippen molar-refractivity contribution in [2.75, 3.05) is 5.73 Å². The minimum Gasteiger partial charge on any atom is -0.453 e. The fraction of sp³-hybridized carbons (Fsp3) is 0. The minimum atomic E-state index is -1.02. The summed E-state index contributed by atoms with van der Waals surface area (Å²) in [5.41, 5.74) is 5.42. The van der Waals surface area contributed by atoms with Gasteiger partial charge in [-0.05, 0) is 22.0 Å². The Balaban J connectivity index is 2.37. The van der Waals surface area contributed by atoms with E-state index >= 15 is 0 Å². The third kappa shape index (κ3) is 2.70. The van der Waals surface area contributed by atoms with Crippen LogP contribution < -0.4 is 10.5 Å². The third-order valence-electron chi connectivity index (χ3n) is 2.04. The molecule has 0 unspecified atom stereocenters. The molecule has 0 aliphatic heterocycles. The summed E-state index contributed by atoms with van der Waals surface area (Å²) in [6.07, 6.45) is 1.30.